The van der Waals surface area contributed by atoms with Crippen LogP contribution in [0.15, 0.2) is 0 Å². The fraction of sp³-hybridized carbons (Fsp3) is 1.00. The third kappa shape index (κ3) is 10.3. The van der Waals surface area contributed by atoms with Crippen LogP contribution in [0.25, 0.3) is 0 Å². The fourth-order valence-corrected chi connectivity index (χ4v) is 2.76. The van der Waals surface area contributed by atoms with Crippen molar-refractivity contribution in [2.24, 2.45) is 17.1 Å². The topological polar surface area (TPSA) is 44.5 Å². The molecule has 0 aromatic heterocycles. The van der Waals surface area contributed by atoms with Gasteiger partial charge in [0.1, 0.15) is 0 Å². The fourth-order valence-electron chi connectivity index (χ4n) is 2.76. The Morgan fingerprint density at radius 1 is 0.905 bits per heavy atom. The van der Waals surface area contributed by atoms with E-state index in [4.69, 9.17) is 15.2 Å². The lowest BCUT2D eigenvalue weighted by Gasteiger charge is -2.29. The van der Waals surface area contributed by atoms with Crippen molar-refractivity contribution < 1.29 is 9.47 Å². The van der Waals surface area contributed by atoms with Crippen LogP contribution in [0.2, 0.25) is 0 Å². The van der Waals surface area contributed by atoms with Gasteiger partial charge in [-0.2, -0.15) is 0 Å². The summed E-state index contributed by atoms with van der Waals surface area (Å²) in [5.74, 6) is 0.483. The van der Waals surface area contributed by atoms with Gasteiger partial charge in [-0.25, -0.2) is 0 Å². The Bertz CT molecular complexity index is 227. The Morgan fingerprint density at radius 3 is 2.00 bits per heavy atom. The predicted molar refractivity (Wildman–Crippen MR) is 91.4 cm³/mol. The Morgan fingerprint density at radius 2 is 1.48 bits per heavy atom. The van der Waals surface area contributed by atoms with E-state index >= 15 is 0 Å². The normalized spacial score (nSPS) is 13.9. The van der Waals surface area contributed by atoms with E-state index in [9.17, 15) is 0 Å². The van der Waals surface area contributed by atoms with Crippen molar-refractivity contribution in [3.63, 3.8) is 0 Å². The molecule has 0 amide bonds. The lowest BCUT2D eigenvalue weighted by molar-refractivity contribution is -0.142. The number of hydrogen-bond acceptors (Lipinski definition) is 3. The molecule has 0 rings (SSSR count). The van der Waals surface area contributed by atoms with Gasteiger partial charge in [-0.05, 0) is 31.2 Å². The first-order valence-corrected chi connectivity index (χ1v) is 8.76. The first kappa shape index (κ1) is 20.9. The molecule has 0 fully saturated rings. The Kier molecular flexibility index (Phi) is 12.4. The zero-order valence-electron chi connectivity index (χ0n) is 15.1. The summed E-state index contributed by atoms with van der Waals surface area (Å²) in [6, 6.07) is 0. The van der Waals surface area contributed by atoms with E-state index in [0.29, 0.717) is 5.92 Å². The van der Waals surface area contributed by atoms with Gasteiger partial charge >= 0.3 is 0 Å². The van der Waals surface area contributed by atoms with Crippen LogP contribution in [0.5, 0.6) is 0 Å². The summed E-state index contributed by atoms with van der Waals surface area (Å²) in [6.07, 6.45) is 11.4. The van der Waals surface area contributed by atoms with Crippen LogP contribution in [0.4, 0.5) is 0 Å². The molecule has 0 aliphatic rings. The molecule has 0 aromatic carbocycles. The molecule has 0 aliphatic carbocycles. The number of methoxy groups -OCH3 is 2. The first-order chi connectivity index (χ1) is 10.0. The molecular formula is C18H39NO2. The highest BCUT2D eigenvalue weighted by Gasteiger charge is 2.24. The van der Waals surface area contributed by atoms with Crippen LogP contribution in [0.1, 0.15) is 78.6 Å². The Balaban J connectivity index is 4.15. The number of nitrogens with two attached hydrogens (primary N) is 1. The maximum atomic E-state index is 5.84. The van der Waals surface area contributed by atoms with Gasteiger partial charge in [-0.3, -0.25) is 0 Å². The van der Waals surface area contributed by atoms with Crippen LogP contribution >= 0.6 is 0 Å². The molecule has 0 saturated heterocycles. The summed E-state index contributed by atoms with van der Waals surface area (Å²) in [5.41, 5.74) is 6.05. The zero-order chi connectivity index (χ0) is 16.1. The highest BCUT2D eigenvalue weighted by atomic mass is 16.7. The van der Waals surface area contributed by atoms with Gasteiger partial charge in [0.05, 0.1) is 0 Å². The maximum Gasteiger partial charge on any atom is 0.159 e. The largest absolute Gasteiger partial charge is 0.356 e. The van der Waals surface area contributed by atoms with Gasteiger partial charge in [0, 0.05) is 20.1 Å². The van der Waals surface area contributed by atoms with Gasteiger partial charge in [0.25, 0.3) is 0 Å². The molecule has 2 N–H and O–H groups in total. The Labute approximate surface area is 133 Å². The molecule has 1 unspecified atom stereocenters. The third-order valence-corrected chi connectivity index (χ3v) is 4.52. The highest BCUT2D eigenvalue weighted by Crippen LogP contribution is 2.29. The molecule has 3 heteroatoms. The van der Waals surface area contributed by atoms with E-state index in [1.54, 1.807) is 14.2 Å². The van der Waals surface area contributed by atoms with Crippen molar-refractivity contribution in [2.45, 2.75) is 84.8 Å². The van der Waals surface area contributed by atoms with E-state index in [1.807, 2.05) is 0 Å². The summed E-state index contributed by atoms with van der Waals surface area (Å²) < 4.78 is 11.0. The van der Waals surface area contributed by atoms with Crippen LogP contribution in [-0.4, -0.2) is 27.1 Å². The van der Waals surface area contributed by atoms with Crippen molar-refractivity contribution in [3.05, 3.63) is 0 Å². The van der Waals surface area contributed by atoms with Crippen LogP contribution in [0, 0.1) is 11.3 Å². The summed E-state index contributed by atoms with van der Waals surface area (Å²) in [6.45, 7) is 7.48. The molecule has 0 aliphatic heterocycles. The summed E-state index contributed by atoms with van der Waals surface area (Å²) in [5, 5.41) is 0. The summed E-state index contributed by atoms with van der Waals surface area (Å²) in [4.78, 5) is 0. The highest BCUT2D eigenvalue weighted by molar-refractivity contribution is 4.73. The van der Waals surface area contributed by atoms with Crippen molar-refractivity contribution in [2.75, 3.05) is 20.8 Å². The summed E-state index contributed by atoms with van der Waals surface area (Å²) in [7, 11) is 3.49. The minimum Gasteiger partial charge on any atom is -0.356 e. The van der Waals surface area contributed by atoms with E-state index < -0.39 is 0 Å². The number of hydrogen-bond donors (Lipinski definition) is 1. The predicted octanol–water partition coefficient (Wildman–Crippen LogP) is 4.74. The third-order valence-electron chi connectivity index (χ3n) is 4.52. The lowest BCUT2D eigenvalue weighted by Crippen LogP contribution is -2.29. The molecule has 0 heterocycles. The van der Waals surface area contributed by atoms with Gasteiger partial charge in [0.2, 0.25) is 0 Å². The van der Waals surface area contributed by atoms with Crippen LogP contribution < -0.4 is 5.73 Å². The molecule has 21 heavy (non-hydrogen) atoms. The van der Waals surface area contributed by atoms with E-state index in [0.717, 1.165) is 19.4 Å². The van der Waals surface area contributed by atoms with E-state index in [-0.39, 0.29) is 11.7 Å². The molecule has 0 radical (unpaired) electrons. The smallest absolute Gasteiger partial charge is 0.159 e. The van der Waals surface area contributed by atoms with Crippen molar-refractivity contribution in [1.29, 1.82) is 0 Å². The van der Waals surface area contributed by atoms with E-state index in [1.165, 1.54) is 44.9 Å². The van der Waals surface area contributed by atoms with Crippen molar-refractivity contribution in [1.82, 2.24) is 0 Å². The quantitative estimate of drug-likeness (QED) is 0.372. The average molecular weight is 302 g/mol. The van der Waals surface area contributed by atoms with Gasteiger partial charge < -0.3 is 15.2 Å². The summed E-state index contributed by atoms with van der Waals surface area (Å²) >= 11 is 0. The second-order valence-corrected chi connectivity index (χ2v) is 7.06. The van der Waals surface area contributed by atoms with Crippen molar-refractivity contribution >= 4 is 0 Å². The molecule has 0 aromatic rings. The maximum absolute atomic E-state index is 5.84. The molecule has 1 atom stereocenters. The van der Waals surface area contributed by atoms with E-state index in [2.05, 4.69) is 20.8 Å². The average Bonchev–Trinajstić information content (AvgIpc) is 2.48. The lowest BCUT2D eigenvalue weighted by atomic mass is 9.83. The van der Waals surface area contributed by atoms with Crippen LogP contribution in [-0.2, 0) is 9.47 Å². The zero-order valence-corrected chi connectivity index (χ0v) is 15.1. The Hall–Kier alpha value is -0.120. The SMILES string of the molecule is CCCCCCCCC(CCC(C)(C)CN)C(OC)OC. The minimum atomic E-state index is -0.0748. The minimum absolute atomic E-state index is 0.0748. The molecular weight excluding hydrogens is 262 g/mol. The standard InChI is InChI=1S/C18H39NO2/c1-6-7-8-9-10-11-12-16(17(20-4)21-5)13-14-18(2,3)15-19/h16-17H,6-15,19H2,1-5H3. The first-order valence-electron chi connectivity index (χ1n) is 8.76. The number of rotatable bonds is 14. The van der Waals surface area contributed by atoms with Gasteiger partial charge in [-0.15, -0.1) is 0 Å². The molecule has 0 spiro atoms. The number of unbranched alkanes of at least 4 members (excludes halogenated alkanes) is 5. The van der Waals surface area contributed by atoms with Crippen molar-refractivity contribution in [3.8, 4) is 0 Å². The van der Waals surface area contributed by atoms with Gasteiger partial charge in [-0.1, -0.05) is 59.3 Å². The second-order valence-electron chi connectivity index (χ2n) is 7.06. The molecule has 128 valence electrons. The molecule has 3 nitrogen and oxygen atoms in total. The number of ether oxygens (including phenoxy) is 2. The molecule has 0 saturated carbocycles. The monoisotopic (exact) mass is 301 g/mol. The molecule has 0 bridgehead atoms. The van der Waals surface area contributed by atoms with Gasteiger partial charge in [0.15, 0.2) is 6.29 Å². The second kappa shape index (κ2) is 12.4. The van der Waals surface area contributed by atoms with Crippen LogP contribution in [0.3, 0.4) is 0 Å².